The molecule has 0 unspecified atom stereocenters. The van der Waals surface area contributed by atoms with Gasteiger partial charge < -0.3 is 5.32 Å². The molecule has 0 bridgehead atoms. The predicted octanol–water partition coefficient (Wildman–Crippen LogP) is 4.67. The molecule has 3 aromatic rings. The number of anilines is 1. The van der Waals surface area contributed by atoms with Crippen LogP contribution >= 0.6 is 0 Å². The minimum atomic E-state index is -0.364. The van der Waals surface area contributed by atoms with Gasteiger partial charge in [0, 0.05) is 42.7 Å². The van der Waals surface area contributed by atoms with Crippen molar-refractivity contribution < 1.29 is 9.18 Å². The summed E-state index contributed by atoms with van der Waals surface area (Å²) in [5.74, 6) is 1.46. The van der Waals surface area contributed by atoms with E-state index in [1.165, 1.54) is 42.7 Å². The molecule has 172 valence electrons. The Morgan fingerprint density at radius 1 is 1.06 bits per heavy atom. The monoisotopic (exact) mass is 447 g/mol. The first-order valence-corrected chi connectivity index (χ1v) is 11.6. The summed E-state index contributed by atoms with van der Waals surface area (Å²) < 4.78 is 13.1. The number of benzene rings is 1. The van der Waals surface area contributed by atoms with Crippen molar-refractivity contribution >= 4 is 11.7 Å². The van der Waals surface area contributed by atoms with Gasteiger partial charge in [-0.3, -0.25) is 9.69 Å². The van der Waals surface area contributed by atoms with Gasteiger partial charge in [0.05, 0.1) is 0 Å². The van der Waals surface area contributed by atoms with Gasteiger partial charge in [-0.1, -0.05) is 6.92 Å². The van der Waals surface area contributed by atoms with Crippen LogP contribution in [-0.4, -0.2) is 38.8 Å². The van der Waals surface area contributed by atoms with Gasteiger partial charge in [-0.2, -0.15) is 0 Å². The van der Waals surface area contributed by atoms with E-state index in [0.717, 1.165) is 50.3 Å². The maximum atomic E-state index is 13.1. The zero-order chi connectivity index (χ0) is 23.0. The molecule has 1 aromatic carbocycles. The molecule has 4 rings (SSSR count). The van der Waals surface area contributed by atoms with Crippen molar-refractivity contribution in [1.29, 1.82) is 0 Å². The summed E-state index contributed by atoms with van der Waals surface area (Å²) in [7, 11) is 0. The molecule has 0 aliphatic carbocycles. The van der Waals surface area contributed by atoms with Crippen LogP contribution in [0, 0.1) is 11.7 Å². The number of nitrogens with zero attached hydrogens (tertiary/aromatic N) is 4. The van der Waals surface area contributed by atoms with Crippen molar-refractivity contribution in [2.75, 3.05) is 18.4 Å². The van der Waals surface area contributed by atoms with Crippen molar-refractivity contribution in [3.8, 4) is 0 Å². The number of hydrogen-bond donors (Lipinski definition) is 1. The highest BCUT2D eigenvalue weighted by Gasteiger charge is 2.19. The van der Waals surface area contributed by atoms with Crippen LogP contribution < -0.4 is 5.32 Å². The molecule has 0 radical (unpaired) electrons. The Hall–Kier alpha value is -3.19. The zero-order valence-electron chi connectivity index (χ0n) is 19.0. The van der Waals surface area contributed by atoms with E-state index in [0.29, 0.717) is 17.3 Å². The van der Waals surface area contributed by atoms with Crippen LogP contribution in [0.2, 0.25) is 0 Å². The third-order valence-electron chi connectivity index (χ3n) is 6.20. The largest absolute Gasteiger partial charge is 0.307 e. The lowest BCUT2D eigenvalue weighted by molar-refractivity contribution is 0.102. The Balaban J connectivity index is 1.22. The van der Waals surface area contributed by atoms with Crippen LogP contribution in [-0.2, 0) is 19.4 Å². The van der Waals surface area contributed by atoms with Crippen molar-refractivity contribution in [2.24, 2.45) is 5.92 Å². The molecular weight excluding hydrogens is 417 g/mol. The highest BCUT2D eigenvalue weighted by Crippen LogP contribution is 2.24. The lowest BCUT2D eigenvalue weighted by Crippen LogP contribution is -2.33. The van der Waals surface area contributed by atoms with Crippen LogP contribution in [0.1, 0.15) is 53.5 Å². The number of aromatic nitrogens is 3. The third-order valence-corrected chi connectivity index (χ3v) is 6.20. The minimum Gasteiger partial charge on any atom is -0.307 e. The lowest BCUT2D eigenvalue weighted by atomic mass is 9.90. The molecule has 0 atom stereocenters. The van der Waals surface area contributed by atoms with E-state index in [1.54, 1.807) is 6.20 Å². The Morgan fingerprint density at radius 3 is 2.48 bits per heavy atom. The highest BCUT2D eigenvalue weighted by atomic mass is 19.1. The fourth-order valence-corrected chi connectivity index (χ4v) is 4.20. The Kier molecular flexibility index (Phi) is 7.73. The topological polar surface area (TPSA) is 71.0 Å². The summed E-state index contributed by atoms with van der Waals surface area (Å²) in [6, 6.07) is 9.42. The first kappa shape index (κ1) is 23.0. The molecule has 1 fully saturated rings. The van der Waals surface area contributed by atoms with Gasteiger partial charge in [0.1, 0.15) is 17.5 Å². The number of hydrogen-bond acceptors (Lipinski definition) is 5. The average molecular weight is 448 g/mol. The SMILES string of the molecule is CCc1ncc(CN2CCC(CCc3ccnc(NC(=O)c4ccc(F)cc4)c3)CC2)cn1. The van der Waals surface area contributed by atoms with E-state index >= 15 is 0 Å². The number of likely N-dealkylation sites (tertiary alicyclic amines) is 1. The van der Waals surface area contributed by atoms with Crippen LogP contribution in [0.4, 0.5) is 10.2 Å². The quantitative estimate of drug-likeness (QED) is 0.543. The fourth-order valence-electron chi connectivity index (χ4n) is 4.20. The van der Waals surface area contributed by atoms with Gasteiger partial charge in [-0.25, -0.2) is 19.3 Å². The maximum Gasteiger partial charge on any atom is 0.256 e. The van der Waals surface area contributed by atoms with E-state index in [4.69, 9.17) is 0 Å². The minimum absolute atomic E-state index is 0.290. The van der Waals surface area contributed by atoms with Gasteiger partial charge >= 0.3 is 0 Å². The number of carbonyl (C=O) groups is 1. The second kappa shape index (κ2) is 11.1. The molecule has 1 saturated heterocycles. The van der Waals surface area contributed by atoms with E-state index in [1.807, 2.05) is 24.5 Å². The molecular formula is C26H30FN5O. The van der Waals surface area contributed by atoms with Crippen molar-refractivity contribution in [2.45, 2.75) is 45.6 Å². The molecule has 6 nitrogen and oxygen atoms in total. The summed E-state index contributed by atoms with van der Waals surface area (Å²) in [5, 5.41) is 2.80. The Morgan fingerprint density at radius 2 is 1.79 bits per heavy atom. The summed E-state index contributed by atoms with van der Waals surface area (Å²) in [6.07, 6.45) is 11.0. The molecule has 1 amide bonds. The zero-order valence-corrected chi connectivity index (χ0v) is 19.0. The molecule has 3 heterocycles. The molecule has 0 spiro atoms. The van der Waals surface area contributed by atoms with E-state index in [-0.39, 0.29) is 11.7 Å². The molecule has 1 aliphatic rings. The second-order valence-corrected chi connectivity index (χ2v) is 8.63. The van der Waals surface area contributed by atoms with Gasteiger partial charge in [0.15, 0.2) is 0 Å². The number of carbonyl (C=O) groups excluding carboxylic acids is 1. The molecule has 1 aliphatic heterocycles. The summed E-state index contributed by atoms with van der Waals surface area (Å²) in [5.41, 5.74) is 2.75. The molecule has 1 N–H and O–H groups in total. The normalized spacial score (nSPS) is 14.8. The Bertz CT molecular complexity index is 1050. The fraction of sp³-hybridized carbons (Fsp3) is 0.385. The van der Waals surface area contributed by atoms with E-state index in [9.17, 15) is 9.18 Å². The summed E-state index contributed by atoms with van der Waals surface area (Å²) in [4.78, 5) is 27.9. The first-order valence-electron chi connectivity index (χ1n) is 11.6. The molecule has 33 heavy (non-hydrogen) atoms. The first-order chi connectivity index (χ1) is 16.1. The van der Waals surface area contributed by atoms with Crippen LogP contribution in [0.5, 0.6) is 0 Å². The van der Waals surface area contributed by atoms with E-state index in [2.05, 4.69) is 32.1 Å². The van der Waals surface area contributed by atoms with Gasteiger partial charge in [-0.15, -0.1) is 0 Å². The van der Waals surface area contributed by atoms with Gasteiger partial charge in [0.25, 0.3) is 5.91 Å². The number of halogens is 1. The maximum absolute atomic E-state index is 13.1. The van der Waals surface area contributed by atoms with Gasteiger partial charge in [-0.05, 0) is 86.7 Å². The van der Waals surface area contributed by atoms with Crippen LogP contribution in [0.25, 0.3) is 0 Å². The summed E-state index contributed by atoms with van der Waals surface area (Å²) in [6.45, 7) is 5.17. The van der Waals surface area contributed by atoms with Crippen molar-refractivity contribution in [3.05, 3.63) is 83.3 Å². The number of nitrogens with one attached hydrogen (secondary N) is 1. The Labute approximate surface area is 194 Å². The third kappa shape index (κ3) is 6.65. The van der Waals surface area contributed by atoms with Crippen molar-refractivity contribution in [3.63, 3.8) is 0 Å². The number of amides is 1. The average Bonchev–Trinajstić information content (AvgIpc) is 2.85. The molecule has 7 heteroatoms. The highest BCUT2D eigenvalue weighted by molar-refractivity contribution is 6.03. The number of pyridine rings is 1. The van der Waals surface area contributed by atoms with Crippen LogP contribution in [0.15, 0.2) is 55.0 Å². The number of aryl methyl sites for hydroxylation is 2. The van der Waals surface area contributed by atoms with Crippen LogP contribution in [0.3, 0.4) is 0 Å². The number of rotatable bonds is 8. The molecule has 2 aromatic heterocycles. The van der Waals surface area contributed by atoms with E-state index < -0.39 is 0 Å². The van der Waals surface area contributed by atoms with Gasteiger partial charge in [0.2, 0.25) is 0 Å². The predicted molar refractivity (Wildman–Crippen MR) is 126 cm³/mol. The number of piperidine rings is 1. The summed E-state index contributed by atoms with van der Waals surface area (Å²) >= 11 is 0. The standard InChI is InChI=1S/C26H30FN5O/c1-2-24-29-16-21(17-30-24)18-32-13-10-19(11-14-32)3-4-20-9-12-28-25(15-20)31-26(33)22-5-7-23(27)8-6-22/h5-9,12,15-17,19H,2-4,10-11,13-14,18H2,1H3,(H,28,31,33). The lowest BCUT2D eigenvalue weighted by Gasteiger charge is -2.32. The molecule has 0 saturated carbocycles. The van der Waals surface area contributed by atoms with Crippen molar-refractivity contribution in [1.82, 2.24) is 19.9 Å². The smallest absolute Gasteiger partial charge is 0.256 e. The second-order valence-electron chi connectivity index (χ2n) is 8.63.